The Morgan fingerprint density at radius 1 is 1.11 bits per heavy atom. The molecule has 0 saturated heterocycles. The number of aromatic nitrogens is 3. The molecular formula is C12H8N4S2. The van der Waals surface area contributed by atoms with Gasteiger partial charge in [0.25, 0.3) is 0 Å². The Kier molecular flexibility index (Phi) is 1.97. The van der Waals surface area contributed by atoms with Gasteiger partial charge in [0, 0.05) is 9.40 Å². The van der Waals surface area contributed by atoms with E-state index in [-0.39, 0.29) is 0 Å². The molecule has 4 nitrogen and oxygen atoms in total. The first kappa shape index (κ1) is 10.0. The van der Waals surface area contributed by atoms with Crippen LogP contribution in [0.25, 0.3) is 31.3 Å². The van der Waals surface area contributed by atoms with E-state index in [1.165, 1.54) is 9.40 Å². The van der Waals surface area contributed by atoms with Gasteiger partial charge in [0.15, 0.2) is 11.5 Å². The van der Waals surface area contributed by atoms with Gasteiger partial charge < -0.3 is 10.7 Å². The monoisotopic (exact) mass is 272 g/mol. The number of anilines is 1. The zero-order valence-corrected chi connectivity index (χ0v) is 10.8. The Morgan fingerprint density at radius 3 is 2.94 bits per heavy atom. The number of nitrogen functional groups attached to an aromatic ring is 1. The van der Waals surface area contributed by atoms with Gasteiger partial charge in [-0.1, -0.05) is 0 Å². The van der Waals surface area contributed by atoms with E-state index in [4.69, 9.17) is 5.73 Å². The Bertz CT molecular complexity index is 827. The number of hydrogen-bond donors (Lipinski definition) is 2. The molecule has 0 amide bonds. The quantitative estimate of drug-likeness (QED) is 0.557. The van der Waals surface area contributed by atoms with Crippen molar-refractivity contribution in [2.75, 3.05) is 5.73 Å². The molecule has 0 aliphatic carbocycles. The molecule has 0 radical (unpaired) electrons. The Balaban J connectivity index is 1.93. The summed E-state index contributed by atoms with van der Waals surface area (Å²) < 4.78 is 2.59. The van der Waals surface area contributed by atoms with Gasteiger partial charge in [-0.15, -0.1) is 22.7 Å². The summed E-state index contributed by atoms with van der Waals surface area (Å²) in [6.07, 6.45) is 0. The molecule has 4 aromatic heterocycles. The summed E-state index contributed by atoms with van der Waals surface area (Å²) in [5, 5.41) is 2.10. The van der Waals surface area contributed by atoms with E-state index >= 15 is 0 Å². The summed E-state index contributed by atoms with van der Waals surface area (Å²) in [5.74, 6) is 1.35. The fourth-order valence-electron chi connectivity index (χ4n) is 1.91. The maximum absolute atomic E-state index is 5.66. The largest absolute Gasteiger partial charge is 0.384 e. The highest BCUT2D eigenvalue weighted by Gasteiger charge is 2.10. The van der Waals surface area contributed by atoms with Gasteiger partial charge in [-0.25, -0.2) is 9.97 Å². The van der Waals surface area contributed by atoms with Gasteiger partial charge in [0.1, 0.15) is 5.82 Å². The van der Waals surface area contributed by atoms with Crippen molar-refractivity contribution in [2.24, 2.45) is 0 Å². The molecule has 6 heteroatoms. The number of H-pyrrole nitrogens is 1. The van der Waals surface area contributed by atoms with Crippen LogP contribution in [0.5, 0.6) is 0 Å². The molecule has 0 saturated carbocycles. The fourth-order valence-corrected chi connectivity index (χ4v) is 3.96. The normalized spacial score (nSPS) is 11.6. The van der Waals surface area contributed by atoms with Gasteiger partial charge in [-0.05, 0) is 29.6 Å². The van der Waals surface area contributed by atoms with E-state index in [2.05, 4.69) is 32.5 Å². The Morgan fingerprint density at radius 2 is 2.06 bits per heavy atom. The highest BCUT2D eigenvalue weighted by molar-refractivity contribution is 7.28. The molecule has 0 aliphatic rings. The number of thiophene rings is 2. The zero-order valence-electron chi connectivity index (χ0n) is 9.18. The lowest BCUT2D eigenvalue weighted by Gasteiger charge is -1.88. The van der Waals surface area contributed by atoms with Crippen molar-refractivity contribution in [2.45, 2.75) is 0 Å². The summed E-state index contributed by atoms with van der Waals surface area (Å²) in [6, 6.07) is 7.97. The van der Waals surface area contributed by atoms with Crippen molar-refractivity contribution in [3.05, 3.63) is 29.6 Å². The molecule has 4 heterocycles. The van der Waals surface area contributed by atoms with Crippen molar-refractivity contribution in [3.63, 3.8) is 0 Å². The molecule has 0 bridgehead atoms. The van der Waals surface area contributed by atoms with Crippen LogP contribution in [0.15, 0.2) is 29.6 Å². The number of hydrogen-bond acceptors (Lipinski definition) is 5. The van der Waals surface area contributed by atoms with Crippen LogP contribution in [0.2, 0.25) is 0 Å². The highest BCUT2D eigenvalue weighted by atomic mass is 32.1. The number of fused-ring (bicyclic) bond motifs is 2. The van der Waals surface area contributed by atoms with Gasteiger partial charge >= 0.3 is 0 Å². The SMILES string of the molecule is Nc1ccc2[nH]c(-c3cc4sccc4s3)nc2n1. The van der Waals surface area contributed by atoms with Crippen LogP contribution in [0.4, 0.5) is 5.82 Å². The van der Waals surface area contributed by atoms with Crippen molar-refractivity contribution < 1.29 is 0 Å². The Labute approximate surface area is 110 Å². The summed E-state index contributed by atoms with van der Waals surface area (Å²) in [7, 11) is 0. The fraction of sp³-hybridized carbons (Fsp3) is 0. The third kappa shape index (κ3) is 1.43. The standard InChI is InChI=1S/C12H8N4S2/c13-10-2-1-6-11(15-10)16-12(14-6)9-5-8-7(18-9)3-4-17-8/h1-5H,(H3,13,14,15,16). The van der Waals surface area contributed by atoms with Gasteiger partial charge in [0.2, 0.25) is 0 Å². The predicted octanol–water partition coefficient (Wildman–Crippen LogP) is 3.48. The molecule has 3 N–H and O–H groups in total. The lowest BCUT2D eigenvalue weighted by molar-refractivity contribution is 1.32. The second-order valence-corrected chi connectivity index (χ2v) is 5.98. The first-order valence-electron chi connectivity index (χ1n) is 5.39. The third-order valence-electron chi connectivity index (χ3n) is 2.74. The molecule has 0 atom stereocenters. The lowest BCUT2D eigenvalue weighted by Crippen LogP contribution is -1.88. The van der Waals surface area contributed by atoms with Crippen LogP contribution in [-0.2, 0) is 0 Å². The number of imidazole rings is 1. The summed E-state index contributed by atoms with van der Waals surface area (Å²) in [6.45, 7) is 0. The van der Waals surface area contributed by atoms with Crippen molar-refractivity contribution in [3.8, 4) is 10.7 Å². The van der Waals surface area contributed by atoms with Crippen LogP contribution in [0, 0.1) is 0 Å². The van der Waals surface area contributed by atoms with E-state index in [0.717, 1.165) is 16.2 Å². The minimum absolute atomic E-state index is 0.493. The molecule has 4 aromatic rings. The third-order valence-corrected chi connectivity index (χ3v) is 4.84. The molecule has 18 heavy (non-hydrogen) atoms. The number of nitrogens with one attached hydrogen (secondary N) is 1. The van der Waals surface area contributed by atoms with E-state index < -0.39 is 0 Å². The number of nitrogens with zero attached hydrogens (tertiary/aromatic N) is 2. The van der Waals surface area contributed by atoms with Crippen molar-refractivity contribution in [1.82, 2.24) is 15.0 Å². The number of nitrogens with two attached hydrogens (primary N) is 1. The lowest BCUT2D eigenvalue weighted by atomic mass is 10.4. The van der Waals surface area contributed by atoms with Gasteiger partial charge in [0.05, 0.1) is 10.4 Å². The Hall–Kier alpha value is -1.92. The highest BCUT2D eigenvalue weighted by Crippen LogP contribution is 2.35. The van der Waals surface area contributed by atoms with Gasteiger partial charge in [-0.3, -0.25) is 0 Å². The molecule has 88 valence electrons. The summed E-state index contributed by atoms with van der Waals surface area (Å²) in [4.78, 5) is 13.1. The van der Waals surface area contributed by atoms with Crippen LogP contribution in [-0.4, -0.2) is 15.0 Å². The van der Waals surface area contributed by atoms with Crippen molar-refractivity contribution >= 4 is 49.1 Å². The molecule has 0 fully saturated rings. The molecule has 0 spiro atoms. The number of pyridine rings is 1. The first-order valence-corrected chi connectivity index (χ1v) is 7.09. The predicted molar refractivity (Wildman–Crippen MR) is 77.0 cm³/mol. The average molecular weight is 272 g/mol. The number of aromatic amines is 1. The number of rotatable bonds is 1. The van der Waals surface area contributed by atoms with Crippen LogP contribution < -0.4 is 5.73 Å². The maximum atomic E-state index is 5.66. The minimum atomic E-state index is 0.493. The summed E-state index contributed by atoms with van der Waals surface area (Å²) in [5.41, 5.74) is 7.24. The molecule has 0 aliphatic heterocycles. The second kappa shape index (κ2) is 3.54. The van der Waals surface area contributed by atoms with Crippen LogP contribution in [0.3, 0.4) is 0 Å². The van der Waals surface area contributed by atoms with Crippen LogP contribution >= 0.6 is 22.7 Å². The van der Waals surface area contributed by atoms with E-state index in [1.54, 1.807) is 28.7 Å². The summed E-state index contributed by atoms with van der Waals surface area (Å²) >= 11 is 3.48. The molecule has 0 aromatic carbocycles. The minimum Gasteiger partial charge on any atom is -0.384 e. The smallest absolute Gasteiger partial charge is 0.180 e. The molecular weight excluding hydrogens is 264 g/mol. The van der Waals surface area contributed by atoms with E-state index in [0.29, 0.717) is 11.5 Å². The van der Waals surface area contributed by atoms with E-state index in [9.17, 15) is 0 Å². The first-order chi connectivity index (χ1) is 8.79. The second-order valence-electron chi connectivity index (χ2n) is 3.95. The van der Waals surface area contributed by atoms with Crippen molar-refractivity contribution in [1.29, 1.82) is 0 Å². The van der Waals surface area contributed by atoms with E-state index in [1.807, 2.05) is 6.07 Å². The molecule has 0 unspecified atom stereocenters. The van der Waals surface area contributed by atoms with Crippen LogP contribution in [0.1, 0.15) is 0 Å². The van der Waals surface area contributed by atoms with Gasteiger partial charge in [-0.2, -0.15) is 0 Å². The zero-order chi connectivity index (χ0) is 12.1. The molecule has 4 rings (SSSR count). The maximum Gasteiger partial charge on any atom is 0.180 e. The average Bonchev–Trinajstić information content (AvgIpc) is 2.99. The topological polar surface area (TPSA) is 67.6 Å².